The van der Waals surface area contributed by atoms with Gasteiger partial charge in [-0.2, -0.15) is 4.31 Å². The van der Waals surface area contributed by atoms with Gasteiger partial charge in [0.25, 0.3) is 0 Å². The molecule has 1 aromatic rings. The fraction of sp³-hybridized carbons (Fsp3) is 0.611. The second-order valence-corrected chi connectivity index (χ2v) is 11.1. The van der Waals surface area contributed by atoms with E-state index in [0.717, 1.165) is 12.8 Å². The van der Waals surface area contributed by atoms with E-state index in [2.05, 4.69) is 0 Å². The average Bonchev–Trinajstić information content (AvgIpc) is 3.46. The summed E-state index contributed by atoms with van der Waals surface area (Å²) in [5.74, 6) is 1.02. The van der Waals surface area contributed by atoms with Crippen molar-refractivity contribution in [3.63, 3.8) is 0 Å². The molecular weight excluding hydrogens is 388 g/mol. The van der Waals surface area contributed by atoms with Crippen molar-refractivity contribution in [1.29, 1.82) is 0 Å². The molecule has 1 amide bonds. The van der Waals surface area contributed by atoms with Crippen LogP contribution in [0.25, 0.3) is 0 Å². The largest absolute Gasteiger partial charge is 0.497 e. The van der Waals surface area contributed by atoms with Crippen LogP contribution in [0, 0.1) is 5.92 Å². The Morgan fingerprint density at radius 3 is 2.59 bits per heavy atom. The zero-order chi connectivity index (χ0) is 19.2. The van der Waals surface area contributed by atoms with E-state index in [0.29, 0.717) is 31.1 Å². The molecule has 1 aliphatic carbocycles. The summed E-state index contributed by atoms with van der Waals surface area (Å²) in [7, 11) is -3.42. The quantitative estimate of drug-likeness (QED) is 0.725. The summed E-state index contributed by atoms with van der Waals surface area (Å²) < 4.78 is 45.3. The van der Waals surface area contributed by atoms with Crippen LogP contribution in [0.1, 0.15) is 25.7 Å². The number of carbonyl (C=O) groups excluding carboxylic acids is 1. The van der Waals surface area contributed by atoms with Crippen LogP contribution in [0.3, 0.4) is 0 Å². The molecule has 27 heavy (non-hydrogen) atoms. The van der Waals surface area contributed by atoms with Gasteiger partial charge in [0.1, 0.15) is 16.4 Å². The lowest BCUT2D eigenvalue weighted by Gasteiger charge is -2.43. The van der Waals surface area contributed by atoms with Crippen LogP contribution >= 0.6 is 0 Å². The van der Waals surface area contributed by atoms with Crippen molar-refractivity contribution in [1.82, 2.24) is 9.21 Å². The Morgan fingerprint density at radius 2 is 1.96 bits per heavy atom. The third-order valence-electron chi connectivity index (χ3n) is 5.79. The number of sulfonamides is 1. The van der Waals surface area contributed by atoms with Gasteiger partial charge in [0.2, 0.25) is 15.9 Å². The van der Waals surface area contributed by atoms with Crippen LogP contribution in [-0.2, 0) is 25.6 Å². The van der Waals surface area contributed by atoms with Gasteiger partial charge in [0.05, 0.1) is 22.8 Å². The van der Waals surface area contributed by atoms with Gasteiger partial charge in [-0.05, 0) is 43.7 Å². The van der Waals surface area contributed by atoms with Gasteiger partial charge in [-0.1, -0.05) is 6.07 Å². The van der Waals surface area contributed by atoms with Crippen molar-refractivity contribution in [3.8, 4) is 5.75 Å². The molecule has 0 N–H and O–H groups in total. The van der Waals surface area contributed by atoms with Gasteiger partial charge in [0, 0.05) is 25.7 Å². The number of methoxy groups -OCH3 is 1. The molecule has 0 aromatic heterocycles. The Kier molecular flexibility index (Phi) is 4.80. The minimum absolute atomic E-state index is 0.0515. The Balaban J connectivity index is 1.53. The first-order valence-electron chi connectivity index (χ1n) is 9.20. The zero-order valence-electron chi connectivity index (χ0n) is 15.3. The van der Waals surface area contributed by atoms with E-state index in [1.54, 1.807) is 23.1 Å². The van der Waals surface area contributed by atoms with Crippen LogP contribution in [0.4, 0.5) is 0 Å². The molecule has 148 valence electrons. The maximum atomic E-state index is 13.0. The van der Waals surface area contributed by atoms with Gasteiger partial charge in [-0.25, -0.2) is 8.42 Å². The molecule has 7 nitrogen and oxygen atoms in total. The Labute approximate surface area is 162 Å². The number of hydrogen-bond acceptors (Lipinski definition) is 5. The minimum atomic E-state index is -3.65. The Bertz CT molecular complexity index is 873. The SMILES string of the molecule is COc1cccc(S(=O)(=O)N2CCC3(CC2)N(CC2CC2)C(=O)CS3=O)c1. The molecule has 2 aliphatic heterocycles. The molecule has 3 fully saturated rings. The van der Waals surface area contributed by atoms with Crippen molar-refractivity contribution < 1.29 is 22.2 Å². The van der Waals surface area contributed by atoms with Crippen molar-refractivity contribution in [2.75, 3.05) is 32.5 Å². The van der Waals surface area contributed by atoms with Gasteiger partial charge in [-0.15, -0.1) is 0 Å². The smallest absolute Gasteiger partial charge is 0.243 e. The Hall–Kier alpha value is -1.45. The molecular formula is C18H24N2O5S2. The summed E-state index contributed by atoms with van der Waals surface area (Å²) in [5.41, 5.74) is 0. The molecule has 4 rings (SSSR count). The van der Waals surface area contributed by atoms with Crippen LogP contribution in [-0.4, -0.2) is 65.1 Å². The van der Waals surface area contributed by atoms with Crippen molar-refractivity contribution >= 4 is 26.7 Å². The van der Waals surface area contributed by atoms with Crippen molar-refractivity contribution in [3.05, 3.63) is 24.3 Å². The van der Waals surface area contributed by atoms with Crippen LogP contribution in [0.5, 0.6) is 5.75 Å². The fourth-order valence-electron chi connectivity index (χ4n) is 3.99. The molecule has 1 atom stereocenters. The zero-order valence-corrected chi connectivity index (χ0v) is 16.9. The van der Waals surface area contributed by atoms with E-state index in [1.807, 2.05) is 0 Å². The highest BCUT2D eigenvalue weighted by molar-refractivity contribution is 7.89. The van der Waals surface area contributed by atoms with E-state index in [-0.39, 0.29) is 29.6 Å². The van der Waals surface area contributed by atoms with Gasteiger partial charge < -0.3 is 9.64 Å². The van der Waals surface area contributed by atoms with Crippen LogP contribution < -0.4 is 4.74 Å². The van der Waals surface area contributed by atoms with E-state index >= 15 is 0 Å². The Morgan fingerprint density at radius 1 is 1.26 bits per heavy atom. The second kappa shape index (κ2) is 6.86. The highest BCUT2D eigenvalue weighted by Crippen LogP contribution is 2.42. The number of carbonyl (C=O) groups is 1. The summed E-state index contributed by atoms with van der Waals surface area (Å²) in [5, 5.41) is 0. The first kappa shape index (κ1) is 18.9. The monoisotopic (exact) mass is 412 g/mol. The van der Waals surface area contributed by atoms with Crippen molar-refractivity contribution in [2.24, 2.45) is 5.92 Å². The fourth-order valence-corrected chi connectivity index (χ4v) is 7.17. The van der Waals surface area contributed by atoms with Crippen LogP contribution in [0.2, 0.25) is 0 Å². The highest BCUT2D eigenvalue weighted by Gasteiger charge is 2.54. The summed E-state index contributed by atoms with van der Waals surface area (Å²) in [6.45, 7) is 1.19. The van der Waals surface area contributed by atoms with E-state index in [9.17, 15) is 17.4 Å². The first-order chi connectivity index (χ1) is 12.9. The molecule has 1 spiro atoms. The first-order valence-corrected chi connectivity index (χ1v) is 12.0. The third-order valence-corrected chi connectivity index (χ3v) is 9.67. The number of benzene rings is 1. The van der Waals surface area contributed by atoms with Gasteiger partial charge >= 0.3 is 0 Å². The molecule has 1 saturated carbocycles. The summed E-state index contributed by atoms with van der Waals surface area (Å²) in [6.07, 6.45) is 3.06. The molecule has 0 bridgehead atoms. The molecule has 1 aromatic carbocycles. The normalized spacial score (nSPS) is 25.9. The van der Waals surface area contributed by atoms with Crippen LogP contribution in [0.15, 0.2) is 29.2 Å². The summed E-state index contributed by atoms with van der Waals surface area (Å²) >= 11 is 0. The number of rotatable bonds is 5. The maximum Gasteiger partial charge on any atom is 0.243 e. The van der Waals surface area contributed by atoms with Gasteiger partial charge in [0.15, 0.2) is 0 Å². The lowest BCUT2D eigenvalue weighted by atomic mass is 10.0. The topological polar surface area (TPSA) is 84.0 Å². The number of ether oxygens (including phenoxy) is 1. The minimum Gasteiger partial charge on any atom is -0.497 e. The van der Waals surface area contributed by atoms with E-state index in [4.69, 9.17) is 4.74 Å². The van der Waals surface area contributed by atoms with Crippen molar-refractivity contribution in [2.45, 2.75) is 35.4 Å². The van der Waals surface area contributed by atoms with Gasteiger partial charge in [-0.3, -0.25) is 9.00 Å². The molecule has 1 unspecified atom stereocenters. The standard InChI is InChI=1S/C18H24N2O5S2/c1-25-15-3-2-4-16(11-15)27(23,24)19-9-7-18(8-10-19)20(12-14-5-6-14)17(21)13-26(18)22/h2-4,11,14H,5-10,12-13H2,1H3. The number of piperidine rings is 1. The molecule has 9 heteroatoms. The number of nitrogens with zero attached hydrogens (tertiary/aromatic N) is 2. The highest BCUT2D eigenvalue weighted by atomic mass is 32.2. The molecule has 2 heterocycles. The lowest BCUT2D eigenvalue weighted by Crippen LogP contribution is -2.56. The predicted molar refractivity (Wildman–Crippen MR) is 101 cm³/mol. The maximum absolute atomic E-state index is 13.0. The second-order valence-electron chi connectivity index (χ2n) is 7.47. The molecule has 2 saturated heterocycles. The average molecular weight is 413 g/mol. The third kappa shape index (κ3) is 3.30. The summed E-state index contributed by atoms with van der Waals surface area (Å²) in [6, 6.07) is 6.42. The lowest BCUT2D eigenvalue weighted by molar-refractivity contribution is -0.131. The summed E-state index contributed by atoms with van der Waals surface area (Å²) in [4.78, 5) is 13.7. The number of hydrogen-bond donors (Lipinski definition) is 0. The number of amides is 1. The predicted octanol–water partition coefficient (Wildman–Crippen LogP) is 1.18. The van der Waals surface area contributed by atoms with E-state index in [1.165, 1.54) is 17.5 Å². The molecule has 0 radical (unpaired) electrons. The van der Waals surface area contributed by atoms with E-state index < -0.39 is 25.7 Å². The molecule has 3 aliphatic rings.